The van der Waals surface area contributed by atoms with Crippen molar-refractivity contribution < 1.29 is 9.32 Å². The Hall–Kier alpha value is -0.710. The molecule has 0 spiro atoms. The van der Waals surface area contributed by atoms with E-state index in [-0.39, 0.29) is 0 Å². The van der Waals surface area contributed by atoms with Gasteiger partial charge in [-0.25, -0.2) is 0 Å². The second-order valence-corrected chi connectivity index (χ2v) is 8.06. The molecule has 2 rings (SSSR count). The summed E-state index contributed by atoms with van der Waals surface area (Å²) in [5.74, 6) is 0.748. The molecule has 1 N–H and O–H groups in total. The lowest BCUT2D eigenvalue weighted by molar-refractivity contribution is -0.0315. The van der Waals surface area contributed by atoms with E-state index in [1.807, 2.05) is 24.3 Å². The van der Waals surface area contributed by atoms with Crippen molar-refractivity contribution in [1.29, 1.82) is 0 Å². The Balaban J connectivity index is 1.89. The van der Waals surface area contributed by atoms with Gasteiger partial charge in [0.1, 0.15) is 0 Å². The molecular weight excluding hydrogens is 282 g/mol. The Morgan fingerprint density at radius 2 is 1.86 bits per heavy atom. The maximum Gasteiger partial charge on any atom is 0.0774 e. The molecule has 1 aromatic rings. The molecule has 3 nitrogen and oxygen atoms in total. The Labute approximate surface area is 130 Å². The Kier molecular flexibility index (Phi) is 5.58. The van der Waals surface area contributed by atoms with E-state index in [1.54, 1.807) is 6.26 Å². The molecule has 1 aliphatic carbocycles. The summed E-state index contributed by atoms with van der Waals surface area (Å²) in [5.41, 5.74) is 0.672. The van der Waals surface area contributed by atoms with E-state index in [0.717, 1.165) is 49.6 Å². The SMILES string of the molecule is CC1CCC(O)(CN(C)Cc2ccc(S(C)=O)cc2)CC1. The zero-order chi connectivity index (χ0) is 15.5. The number of benzene rings is 1. The monoisotopic (exact) mass is 309 g/mol. The molecule has 1 aliphatic rings. The van der Waals surface area contributed by atoms with Gasteiger partial charge in [0.15, 0.2) is 0 Å². The highest BCUT2D eigenvalue weighted by molar-refractivity contribution is 7.84. The number of rotatable bonds is 5. The van der Waals surface area contributed by atoms with Gasteiger partial charge in [0.05, 0.1) is 5.60 Å². The van der Waals surface area contributed by atoms with Crippen molar-refractivity contribution in [2.45, 2.75) is 49.6 Å². The van der Waals surface area contributed by atoms with Crippen molar-refractivity contribution in [2.24, 2.45) is 5.92 Å². The molecule has 0 heterocycles. The quantitative estimate of drug-likeness (QED) is 0.909. The summed E-state index contributed by atoms with van der Waals surface area (Å²) in [7, 11) is 1.14. The van der Waals surface area contributed by atoms with Crippen molar-refractivity contribution in [2.75, 3.05) is 19.8 Å². The van der Waals surface area contributed by atoms with Crippen LogP contribution in [-0.4, -0.2) is 39.7 Å². The van der Waals surface area contributed by atoms with E-state index in [9.17, 15) is 9.32 Å². The van der Waals surface area contributed by atoms with E-state index >= 15 is 0 Å². The van der Waals surface area contributed by atoms with Gasteiger partial charge in [-0.15, -0.1) is 0 Å². The lowest BCUT2D eigenvalue weighted by atomic mass is 9.79. The van der Waals surface area contributed by atoms with Gasteiger partial charge in [0.25, 0.3) is 0 Å². The van der Waals surface area contributed by atoms with Gasteiger partial charge >= 0.3 is 0 Å². The van der Waals surface area contributed by atoms with Crippen molar-refractivity contribution in [1.82, 2.24) is 4.90 Å². The predicted octanol–water partition coefficient (Wildman–Crippen LogP) is 2.80. The summed E-state index contributed by atoms with van der Waals surface area (Å²) in [5, 5.41) is 10.7. The van der Waals surface area contributed by atoms with Gasteiger partial charge < -0.3 is 5.11 Å². The first kappa shape index (κ1) is 16.7. The minimum absolute atomic E-state index is 0.522. The van der Waals surface area contributed by atoms with Crippen molar-refractivity contribution in [3.05, 3.63) is 29.8 Å². The van der Waals surface area contributed by atoms with Gasteiger partial charge in [-0.3, -0.25) is 9.11 Å². The molecule has 0 saturated heterocycles. The van der Waals surface area contributed by atoms with E-state index < -0.39 is 16.4 Å². The van der Waals surface area contributed by atoms with Crippen molar-refractivity contribution in [3.63, 3.8) is 0 Å². The predicted molar refractivity (Wildman–Crippen MR) is 87.7 cm³/mol. The summed E-state index contributed by atoms with van der Waals surface area (Å²) in [6.45, 7) is 3.80. The van der Waals surface area contributed by atoms with E-state index in [1.165, 1.54) is 5.56 Å². The van der Waals surface area contributed by atoms with Crippen LogP contribution in [0.4, 0.5) is 0 Å². The normalized spacial score (nSPS) is 27.8. The summed E-state index contributed by atoms with van der Waals surface area (Å²) in [6.07, 6.45) is 5.77. The molecule has 1 aromatic carbocycles. The second-order valence-electron chi connectivity index (χ2n) is 6.68. The summed E-state index contributed by atoms with van der Waals surface area (Å²) >= 11 is 0. The first-order valence-electron chi connectivity index (χ1n) is 7.71. The van der Waals surface area contributed by atoms with Gasteiger partial charge in [0, 0.05) is 35.0 Å². The zero-order valence-electron chi connectivity index (χ0n) is 13.3. The first-order valence-corrected chi connectivity index (χ1v) is 9.27. The highest BCUT2D eigenvalue weighted by Crippen LogP contribution is 2.32. The number of nitrogens with zero attached hydrogens (tertiary/aromatic N) is 1. The molecule has 4 heteroatoms. The maximum atomic E-state index is 11.4. The summed E-state index contributed by atoms with van der Waals surface area (Å²) in [4.78, 5) is 3.05. The van der Waals surface area contributed by atoms with Crippen molar-refractivity contribution >= 4 is 10.8 Å². The molecule has 0 amide bonds. The van der Waals surface area contributed by atoms with Crippen LogP contribution in [0.5, 0.6) is 0 Å². The van der Waals surface area contributed by atoms with E-state index in [4.69, 9.17) is 0 Å². The number of aliphatic hydroxyl groups is 1. The minimum Gasteiger partial charge on any atom is -0.389 e. The van der Waals surface area contributed by atoms with Gasteiger partial charge in [-0.05, 0) is 56.3 Å². The first-order chi connectivity index (χ1) is 9.88. The Morgan fingerprint density at radius 1 is 1.29 bits per heavy atom. The van der Waals surface area contributed by atoms with Gasteiger partial charge in [0.2, 0.25) is 0 Å². The fourth-order valence-corrected chi connectivity index (χ4v) is 3.63. The van der Waals surface area contributed by atoms with E-state index in [2.05, 4.69) is 18.9 Å². The van der Waals surface area contributed by atoms with Crippen LogP contribution >= 0.6 is 0 Å². The molecular formula is C17H27NO2S. The topological polar surface area (TPSA) is 40.5 Å². The second kappa shape index (κ2) is 7.03. The average molecular weight is 309 g/mol. The highest BCUT2D eigenvalue weighted by Gasteiger charge is 2.32. The van der Waals surface area contributed by atoms with Crippen LogP contribution in [0.25, 0.3) is 0 Å². The standard InChI is InChI=1S/C17H27NO2S/c1-14-8-10-17(19,11-9-14)13-18(2)12-15-4-6-16(7-5-15)21(3)20/h4-7,14,19H,8-13H2,1-3H3. The third kappa shape index (κ3) is 4.90. The molecule has 0 radical (unpaired) electrons. The lowest BCUT2D eigenvalue weighted by Gasteiger charge is -2.37. The fourth-order valence-electron chi connectivity index (χ4n) is 3.11. The van der Waals surface area contributed by atoms with Crippen molar-refractivity contribution in [3.8, 4) is 0 Å². The maximum absolute atomic E-state index is 11.4. The largest absolute Gasteiger partial charge is 0.389 e. The molecule has 0 aromatic heterocycles. The van der Waals surface area contributed by atoms with Crippen LogP contribution in [0.2, 0.25) is 0 Å². The lowest BCUT2D eigenvalue weighted by Crippen LogP contribution is -2.43. The molecule has 0 aliphatic heterocycles. The molecule has 1 fully saturated rings. The van der Waals surface area contributed by atoms with Crippen LogP contribution in [0.1, 0.15) is 38.2 Å². The Bertz CT molecular complexity index is 478. The van der Waals surface area contributed by atoms with Crippen LogP contribution in [0, 0.1) is 5.92 Å². The third-order valence-corrected chi connectivity index (χ3v) is 5.41. The van der Waals surface area contributed by atoms with Gasteiger partial charge in [-0.2, -0.15) is 0 Å². The minimum atomic E-state index is -0.919. The number of likely N-dealkylation sites (N-methyl/N-ethyl adjacent to an activating group) is 1. The fraction of sp³-hybridized carbons (Fsp3) is 0.647. The summed E-state index contributed by atoms with van der Waals surface area (Å²) in [6, 6.07) is 7.91. The Morgan fingerprint density at radius 3 is 2.38 bits per heavy atom. The van der Waals surface area contributed by atoms with Crippen LogP contribution < -0.4 is 0 Å². The zero-order valence-corrected chi connectivity index (χ0v) is 14.2. The molecule has 118 valence electrons. The molecule has 1 saturated carbocycles. The third-order valence-electron chi connectivity index (χ3n) is 4.48. The smallest absolute Gasteiger partial charge is 0.0774 e. The number of hydrogen-bond acceptors (Lipinski definition) is 3. The highest BCUT2D eigenvalue weighted by atomic mass is 32.2. The molecule has 0 bridgehead atoms. The molecule has 1 unspecified atom stereocenters. The van der Waals surface area contributed by atoms with Crippen LogP contribution in [-0.2, 0) is 17.3 Å². The van der Waals surface area contributed by atoms with Crippen LogP contribution in [0.3, 0.4) is 0 Å². The summed E-state index contributed by atoms with van der Waals surface area (Å²) < 4.78 is 11.4. The van der Waals surface area contributed by atoms with Gasteiger partial charge in [-0.1, -0.05) is 19.1 Å². The molecule has 1 atom stereocenters. The average Bonchev–Trinajstić information content (AvgIpc) is 2.43. The molecule has 21 heavy (non-hydrogen) atoms. The van der Waals surface area contributed by atoms with E-state index in [0.29, 0.717) is 0 Å². The number of hydrogen-bond donors (Lipinski definition) is 1. The van der Waals surface area contributed by atoms with Crippen LogP contribution in [0.15, 0.2) is 29.2 Å².